The summed E-state index contributed by atoms with van der Waals surface area (Å²) in [6.07, 6.45) is 4.39. The third-order valence-electron chi connectivity index (χ3n) is 19.6. The maximum atomic E-state index is 9.39. The summed E-state index contributed by atoms with van der Waals surface area (Å²) < 4.78 is 30.6. The number of anilines is 9. The Kier molecular flexibility index (Phi) is 10.9. The molecule has 2 aliphatic heterocycles. The van der Waals surface area contributed by atoms with Gasteiger partial charge in [-0.25, -0.2) is 0 Å². The Hall–Kier alpha value is -6.56. The van der Waals surface area contributed by atoms with Crippen molar-refractivity contribution in [1.29, 1.82) is 0 Å². The minimum atomic E-state index is -2.41. The third kappa shape index (κ3) is 8.24. The zero-order valence-corrected chi connectivity index (χ0v) is 51.3. The number of nitrogens with zero attached hydrogens (tertiary/aromatic N) is 3. The maximum absolute atomic E-state index is 9.39. The van der Waals surface area contributed by atoms with Crippen LogP contribution in [0.2, 0.25) is 0 Å². The Balaban J connectivity index is 1.15. The van der Waals surface area contributed by atoms with Crippen molar-refractivity contribution in [2.75, 3.05) is 14.7 Å². The third-order valence-corrected chi connectivity index (χ3v) is 20.7. The first-order valence-electron chi connectivity index (χ1n) is 31.0. The molecular weight excluding hydrogens is 986 g/mol. The first kappa shape index (κ1) is 49.3. The Labute approximate surface area is 487 Å². The van der Waals surface area contributed by atoms with Crippen molar-refractivity contribution in [2.45, 2.75) is 176 Å². The number of benzene rings is 8. The van der Waals surface area contributed by atoms with E-state index in [9.17, 15) is 4.11 Å². The molecule has 406 valence electrons. The molecule has 9 aromatic rings. The van der Waals surface area contributed by atoms with Crippen LogP contribution in [0.5, 0.6) is 0 Å². The normalized spacial score (nSPS) is 18.1. The first-order chi connectivity index (χ1) is 38.8. The molecule has 13 rings (SSSR count). The van der Waals surface area contributed by atoms with Crippen LogP contribution in [0.1, 0.15) is 177 Å². The number of hydrogen-bond acceptors (Lipinski definition) is 4. The molecule has 5 heteroatoms. The molecule has 1 aromatic heterocycles. The van der Waals surface area contributed by atoms with Crippen LogP contribution < -0.4 is 31.1 Å². The number of thiophene rings is 1. The lowest BCUT2D eigenvalue weighted by molar-refractivity contribution is 0.332. The van der Waals surface area contributed by atoms with Crippen LogP contribution in [-0.2, 0) is 32.5 Å². The van der Waals surface area contributed by atoms with Gasteiger partial charge in [0.05, 0.1) is 0 Å². The Morgan fingerprint density at radius 2 is 0.988 bits per heavy atom. The molecule has 0 spiro atoms. The highest BCUT2D eigenvalue weighted by atomic mass is 32.1. The monoisotopic (exact) mass is 1070 g/mol. The molecule has 0 amide bonds. The summed E-state index contributed by atoms with van der Waals surface area (Å²) in [5, 5.41) is 2.47. The van der Waals surface area contributed by atoms with Gasteiger partial charge in [-0.2, -0.15) is 0 Å². The molecular formula is C75H82BN3S. The fourth-order valence-electron chi connectivity index (χ4n) is 14.5. The molecule has 0 unspecified atom stereocenters. The Morgan fingerprint density at radius 3 is 1.56 bits per heavy atom. The second kappa shape index (κ2) is 17.7. The average molecular weight is 1070 g/mol. The van der Waals surface area contributed by atoms with Crippen LogP contribution in [0.3, 0.4) is 0 Å². The van der Waals surface area contributed by atoms with Crippen LogP contribution in [-0.4, -0.2) is 6.71 Å². The summed E-state index contributed by atoms with van der Waals surface area (Å²) >= 11 is 1.82. The Morgan fingerprint density at radius 1 is 0.475 bits per heavy atom. The quantitative estimate of drug-likeness (QED) is 0.159. The highest BCUT2D eigenvalue weighted by Gasteiger charge is 2.47. The average Bonchev–Trinajstić information content (AvgIpc) is 1.29. The number of rotatable bonds is 5. The Bertz CT molecular complexity index is 4120. The second-order valence-electron chi connectivity index (χ2n) is 29.1. The lowest BCUT2D eigenvalue weighted by atomic mass is 9.33. The predicted octanol–water partition coefficient (Wildman–Crippen LogP) is 19.8. The van der Waals surface area contributed by atoms with Crippen LogP contribution in [0.4, 0.5) is 51.2 Å². The highest BCUT2D eigenvalue weighted by molar-refractivity contribution is 7.25. The molecule has 0 N–H and O–H groups in total. The van der Waals surface area contributed by atoms with Gasteiger partial charge in [-0.05, 0) is 218 Å². The van der Waals surface area contributed by atoms with E-state index >= 15 is 0 Å². The van der Waals surface area contributed by atoms with Gasteiger partial charge in [0.15, 0.2) is 0 Å². The summed E-state index contributed by atoms with van der Waals surface area (Å²) in [4.78, 5) is 7.40. The van der Waals surface area contributed by atoms with Gasteiger partial charge < -0.3 is 14.7 Å². The van der Waals surface area contributed by atoms with Crippen LogP contribution in [0.15, 0.2) is 140 Å². The van der Waals surface area contributed by atoms with Crippen LogP contribution >= 0.6 is 11.3 Å². The van der Waals surface area contributed by atoms with Crippen molar-refractivity contribution in [3.8, 4) is 0 Å². The van der Waals surface area contributed by atoms with Crippen molar-refractivity contribution >= 4 is 106 Å². The molecule has 2 aliphatic carbocycles. The second-order valence-corrected chi connectivity index (χ2v) is 30.2. The van der Waals surface area contributed by atoms with Gasteiger partial charge in [0.2, 0.25) is 0 Å². The van der Waals surface area contributed by atoms with E-state index in [2.05, 4.69) is 253 Å². The summed E-state index contributed by atoms with van der Waals surface area (Å²) in [7, 11) is 0. The molecule has 0 bridgehead atoms. The molecule has 0 radical (unpaired) electrons. The predicted molar refractivity (Wildman–Crippen MR) is 350 cm³/mol. The molecule has 3 nitrogen and oxygen atoms in total. The fourth-order valence-corrected chi connectivity index (χ4v) is 15.6. The number of fused-ring (bicyclic) bond motifs is 9. The topological polar surface area (TPSA) is 9.72 Å². The highest BCUT2D eigenvalue weighted by Crippen LogP contribution is 2.54. The van der Waals surface area contributed by atoms with Gasteiger partial charge in [-0.1, -0.05) is 164 Å². The molecule has 0 saturated carbocycles. The summed E-state index contributed by atoms with van der Waals surface area (Å²) in [5.74, 6) is 0. The van der Waals surface area contributed by atoms with Gasteiger partial charge in [0.1, 0.15) is 0 Å². The largest absolute Gasteiger partial charge is 0.311 e. The maximum Gasteiger partial charge on any atom is 0.252 e. The van der Waals surface area contributed by atoms with E-state index in [0.717, 1.165) is 82.3 Å². The van der Waals surface area contributed by atoms with Gasteiger partial charge in [0, 0.05) is 75.5 Å². The summed E-state index contributed by atoms with van der Waals surface area (Å²) in [5.41, 5.74) is 23.6. The molecule has 0 atom stereocenters. The van der Waals surface area contributed by atoms with Crippen LogP contribution in [0.25, 0.3) is 20.2 Å². The first-order valence-corrected chi connectivity index (χ1v) is 30.3. The van der Waals surface area contributed by atoms with E-state index in [0.29, 0.717) is 5.56 Å². The molecule has 4 aliphatic rings. The van der Waals surface area contributed by atoms with E-state index < -0.39 is 6.85 Å². The van der Waals surface area contributed by atoms with Gasteiger partial charge in [0.25, 0.3) is 6.71 Å². The molecule has 0 saturated heterocycles. The summed E-state index contributed by atoms with van der Waals surface area (Å²) in [6, 6.07) is 53.3. The van der Waals surface area contributed by atoms with Crippen molar-refractivity contribution in [3.05, 3.63) is 190 Å². The number of aryl methyl sites for hydroxylation is 3. The lowest BCUT2D eigenvalue weighted by Crippen LogP contribution is -2.62. The van der Waals surface area contributed by atoms with Gasteiger partial charge in [-0.3, -0.25) is 0 Å². The zero-order valence-electron chi connectivity index (χ0n) is 53.4. The van der Waals surface area contributed by atoms with E-state index in [1.807, 2.05) is 23.5 Å². The molecule has 3 heterocycles. The van der Waals surface area contributed by atoms with Gasteiger partial charge >= 0.3 is 0 Å². The van der Waals surface area contributed by atoms with E-state index in [-0.39, 0.29) is 39.2 Å². The summed E-state index contributed by atoms with van der Waals surface area (Å²) in [6.45, 7) is 35.0. The molecule has 0 fully saturated rings. The van der Waals surface area contributed by atoms with Crippen molar-refractivity contribution in [2.24, 2.45) is 0 Å². The number of hydrogen-bond donors (Lipinski definition) is 0. The SMILES string of the molecule is [2H]C([2H])([2H])c1cc2c3c(c1)N(c1ccc4c(c1)C(C)(C)CCC4(C)C)c1cc4c(cc1B3c1ccc(N(c3ccc(C(C)(C)C)cc3C)c3ccc(C(C)(C)C)cc3C)cc1N2c1ccc2c(c1)sc1ccccc12)C(C)(C)CCC4(C)C. The fraction of sp³-hybridized carbons (Fsp3) is 0.360. The van der Waals surface area contributed by atoms with Crippen molar-refractivity contribution in [3.63, 3.8) is 0 Å². The van der Waals surface area contributed by atoms with Crippen molar-refractivity contribution < 1.29 is 4.11 Å². The zero-order chi connectivity index (χ0) is 59.0. The van der Waals surface area contributed by atoms with E-state index in [4.69, 9.17) is 0 Å². The van der Waals surface area contributed by atoms with E-state index in [1.165, 1.54) is 75.6 Å². The lowest BCUT2D eigenvalue weighted by Gasteiger charge is -2.48. The minimum Gasteiger partial charge on any atom is -0.311 e. The minimum absolute atomic E-state index is 0.0242. The van der Waals surface area contributed by atoms with Gasteiger partial charge in [-0.15, -0.1) is 11.3 Å². The molecule has 8 aromatic carbocycles. The van der Waals surface area contributed by atoms with Crippen molar-refractivity contribution in [1.82, 2.24) is 0 Å². The standard InChI is InChI=1S/C75H82BN3S/c1-45-36-65-69-66(37-45)79(52-24-27-54-53-20-18-19-21-67(53)80-68(54)42-52)63-41-51(77(61-30-22-48(38-46(61)2)70(4,5)6)62-31-23-49(39-47(62)3)71(7,8)9)26-29-59(63)76(69)60-43-57-58(75(16,17)35-34-74(57,14)15)44-64(60)78(65)50-25-28-55-56(40-50)73(12,13)33-32-72(55,10)11/h18-31,36-44H,32-35H2,1-17H3/i1D3. The van der Waals surface area contributed by atoms with E-state index in [1.54, 1.807) is 0 Å². The smallest absolute Gasteiger partial charge is 0.252 e. The molecule has 80 heavy (non-hydrogen) atoms. The van der Waals surface area contributed by atoms with Crippen LogP contribution in [0, 0.1) is 20.7 Å².